The van der Waals surface area contributed by atoms with E-state index in [-0.39, 0.29) is 36.4 Å². The number of guanidine groups is 1. The second kappa shape index (κ2) is 12.0. The van der Waals surface area contributed by atoms with Gasteiger partial charge in [0.15, 0.2) is 12.6 Å². The standard InChI is InChI=1S/C21H26F3N5O2.HI/c1-25-20(27-14-16-5-4-8-26-19(16)31-15-21(22,23)24)29-11-9-28(10-12-29)17-6-3-7-18(13-17)30-2;/h3-8,13H,9-12,14-15H2,1-2H3,(H,25,27);1H. The molecule has 1 aliphatic heterocycles. The number of nitrogens with one attached hydrogen (secondary N) is 1. The molecule has 1 saturated heterocycles. The third-order valence-electron chi connectivity index (χ3n) is 4.87. The minimum atomic E-state index is -4.42. The number of pyridine rings is 1. The Balaban J connectivity index is 0.00000363. The highest BCUT2D eigenvalue weighted by Crippen LogP contribution is 2.22. The first-order chi connectivity index (χ1) is 14.9. The van der Waals surface area contributed by atoms with Gasteiger partial charge in [-0.05, 0) is 18.2 Å². The molecule has 1 aromatic carbocycles. The Morgan fingerprint density at radius 2 is 1.91 bits per heavy atom. The van der Waals surface area contributed by atoms with Gasteiger partial charge >= 0.3 is 6.18 Å². The van der Waals surface area contributed by atoms with Crippen LogP contribution < -0.4 is 19.7 Å². The SMILES string of the molecule is CN=C(NCc1cccnc1OCC(F)(F)F)N1CCN(c2cccc(OC)c2)CC1.I. The summed E-state index contributed by atoms with van der Waals surface area (Å²) < 4.78 is 47.6. The van der Waals surface area contributed by atoms with Crippen molar-refractivity contribution >= 4 is 35.6 Å². The molecule has 1 fully saturated rings. The molecule has 11 heteroatoms. The van der Waals surface area contributed by atoms with E-state index in [0.29, 0.717) is 11.5 Å². The molecule has 0 unspecified atom stereocenters. The molecule has 1 aliphatic rings. The van der Waals surface area contributed by atoms with Crippen LogP contribution in [0.5, 0.6) is 11.6 Å². The molecule has 7 nitrogen and oxygen atoms in total. The summed E-state index contributed by atoms with van der Waals surface area (Å²) in [5.74, 6) is 1.46. The van der Waals surface area contributed by atoms with Crippen LogP contribution in [0.4, 0.5) is 18.9 Å². The predicted molar refractivity (Wildman–Crippen MR) is 128 cm³/mol. The van der Waals surface area contributed by atoms with Crippen molar-refractivity contribution in [2.75, 3.05) is 51.8 Å². The van der Waals surface area contributed by atoms with Gasteiger partial charge in [0.25, 0.3) is 0 Å². The van der Waals surface area contributed by atoms with E-state index in [1.807, 2.05) is 18.2 Å². The Bertz CT molecular complexity index is 890. The maximum absolute atomic E-state index is 12.5. The zero-order chi connectivity index (χ0) is 22.3. The van der Waals surface area contributed by atoms with Crippen molar-refractivity contribution in [1.82, 2.24) is 15.2 Å². The van der Waals surface area contributed by atoms with Crippen molar-refractivity contribution in [3.05, 3.63) is 48.2 Å². The molecule has 176 valence electrons. The number of hydrogen-bond acceptors (Lipinski definition) is 5. The van der Waals surface area contributed by atoms with Gasteiger partial charge in [-0.1, -0.05) is 12.1 Å². The molecule has 0 saturated carbocycles. The van der Waals surface area contributed by atoms with Crippen molar-refractivity contribution in [2.24, 2.45) is 4.99 Å². The van der Waals surface area contributed by atoms with E-state index in [1.54, 1.807) is 26.3 Å². The maximum Gasteiger partial charge on any atom is 0.422 e. The molecule has 2 heterocycles. The third kappa shape index (κ3) is 7.31. The highest BCUT2D eigenvalue weighted by Gasteiger charge is 2.29. The van der Waals surface area contributed by atoms with Crippen molar-refractivity contribution in [3.63, 3.8) is 0 Å². The van der Waals surface area contributed by atoms with Crippen LogP contribution in [0.15, 0.2) is 47.6 Å². The Labute approximate surface area is 202 Å². The number of piperazine rings is 1. The van der Waals surface area contributed by atoms with Crippen molar-refractivity contribution in [3.8, 4) is 11.6 Å². The molecule has 1 aromatic heterocycles. The van der Waals surface area contributed by atoms with E-state index in [9.17, 15) is 13.2 Å². The van der Waals surface area contributed by atoms with Crippen LogP contribution in [-0.4, -0.2) is 69.0 Å². The topological polar surface area (TPSA) is 62.2 Å². The van der Waals surface area contributed by atoms with Crippen LogP contribution in [0.3, 0.4) is 0 Å². The van der Waals surface area contributed by atoms with Gasteiger partial charge < -0.3 is 24.6 Å². The van der Waals surface area contributed by atoms with Crippen molar-refractivity contribution in [2.45, 2.75) is 12.7 Å². The van der Waals surface area contributed by atoms with Gasteiger partial charge in [0.1, 0.15) is 5.75 Å². The number of anilines is 1. The number of nitrogens with zero attached hydrogens (tertiary/aromatic N) is 4. The van der Waals surface area contributed by atoms with Gasteiger partial charge in [-0.15, -0.1) is 24.0 Å². The van der Waals surface area contributed by atoms with E-state index < -0.39 is 12.8 Å². The van der Waals surface area contributed by atoms with Crippen molar-refractivity contribution < 1.29 is 22.6 Å². The average Bonchev–Trinajstić information content (AvgIpc) is 2.78. The molecule has 0 bridgehead atoms. The van der Waals surface area contributed by atoms with E-state index in [4.69, 9.17) is 9.47 Å². The average molecular weight is 565 g/mol. The number of aliphatic imine (C=N–C) groups is 1. The first kappa shape index (κ1) is 25.8. The fraction of sp³-hybridized carbons (Fsp3) is 0.429. The van der Waals surface area contributed by atoms with E-state index in [0.717, 1.165) is 37.6 Å². The monoisotopic (exact) mass is 565 g/mol. The zero-order valence-electron chi connectivity index (χ0n) is 17.9. The second-order valence-electron chi connectivity index (χ2n) is 6.95. The van der Waals surface area contributed by atoms with E-state index >= 15 is 0 Å². The molecular weight excluding hydrogens is 538 g/mol. The Morgan fingerprint density at radius 1 is 1.16 bits per heavy atom. The Kier molecular flexibility index (Phi) is 9.66. The number of ether oxygens (including phenoxy) is 2. The molecular formula is C21H27F3IN5O2. The lowest BCUT2D eigenvalue weighted by Crippen LogP contribution is -2.52. The summed E-state index contributed by atoms with van der Waals surface area (Å²) in [6, 6.07) is 11.3. The smallest absolute Gasteiger partial charge is 0.422 e. The van der Waals surface area contributed by atoms with Gasteiger partial charge in [0.05, 0.1) is 7.11 Å². The quantitative estimate of drug-likeness (QED) is 0.329. The summed E-state index contributed by atoms with van der Waals surface area (Å²) in [5, 5.41) is 3.20. The highest BCUT2D eigenvalue weighted by molar-refractivity contribution is 14.0. The van der Waals surface area contributed by atoms with E-state index in [1.165, 1.54) is 6.20 Å². The van der Waals surface area contributed by atoms with E-state index in [2.05, 4.69) is 31.2 Å². The summed E-state index contributed by atoms with van der Waals surface area (Å²) in [6.45, 7) is 1.99. The number of alkyl halides is 3. The van der Waals surface area contributed by atoms with Gasteiger partial charge in [-0.25, -0.2) is 4.98 Å². The lowest BCUT2D eigenvalue weighted by atomic mass is 10.2. The van der Waals surface area contributed by atoms with Crippen LogP contribution >= 0.6 is 24.0 Å². The highest BCUT2D eigenvalue weighted by atomic mass is 127. The lowest BCUT2D eigenvalue weighted by molar-refractivity contribution is -0.154. The molecule has 1 N–H and O–H groups in total. The molecule has 0 amide bonds. The lowest BCUT2D eigenvalue weighted by Gasteiger charge is -2.37. The molecule has 0 radical (unpaired) electrons. The molecule has 3 rings (SSSR count). The number of hydrogen-bond donors (Lipinski definition) is 1. The number of methoxy groups -OCH3 is 1. The van der Waals surface area contributed by atoms with Crippen LogP contribution in [0.25, 0.3) is 0 Å². The molecule has 0 spiro atoms. The number of benzene rings is 1. The van der Waals surface area contributed by atoms with Crippen molar-refractivity contribution in [1.29, 1.82) is 0 Å². The zero-order valence-corrected chi connectivity index (χ0v) is 20.3. The summed E-state index contributed by atoms with van der Waals surface area (Å²) >= 11 is 0. The molecule has 32 heavy (non-hydrogen) atoms. The predicted octanol–water partition coefficient (Wildman–Crippen LogP) is 3.55. The Morgan fingerprint density at radius 3 is 2.56 bits per heavy atom. The number of halogens is 4. The van der Waals surface area contributed by atoms with Gasteiger partial charge in [0.2, 0.25) is 5.88 Å². The minimum absolute atomic E-state index is 0. The first-order valence-corrected chi connectivity index (χ1v) is 9.87. The van der Waals surface area contributed by atoms with Crippen LogP contribution in [0.2, 0.25) is 0 Å². The fourth-order valence-electron chi connectivity index (χ4n) is 3.33. The van der Waals surface area contributed by atoms with Crippen LogP contribution in [0.1, 0.15) is 5.56 Å². The van der Waals surface area contributed by atoms with Crippen LogP contribution in [0, 0.1) is 0 Å². The normalized spacial score (nSPS) is 14.6. The van der Waals surface area contributed by atoms with Crippen LogP contribution in [-0.2, 0) is 6.54 Å². The first-order valence-electron chi connectivity index (χ1n) is 9.87. The summed E-state index contributed by atoms with van der Waals surface area (Å²) in [4.78, 5) is 12.6. The summed E-state index contributed by atoms with van der Waals surface area (Å²) in [6.07, 6.45) is -3.01. The largest absolute Gasteiger partial charge is 0.497 e. The van der Waals surface area contributed by atoms with Gasteiger partial charge in [-0.2, -0.15) is 13.2 Å². The Hall–Kier alpha value is -2.44. The summed E-state index contributed by atoms with van der Waals surface area (Å²) in [5.41, 5.74) is 1.63. The maximum atomic E-state index is 12.5. The van der Waals surface area contributed by atoms with Gasteiger partial charge in [0, 0.05) is 63.3 Å². The number of rotatable bonds is 6. The fourth-order valence-corrected chi connectivity index (χ4v) is 3.33. The molecule has 0 aliphatic carbocycles. The summed E-state index contributed by atoms with van der Waals surface area (Å²) in [7, 11) is 3.33. The molecule has 0 atom stereocenters. The minimum Gasteiger partial charge on any atom is -0.497 e. The third-order valence-corrected chi connectivity index (χ3v) is 4.87. The number of aromatic nitrogens is 1. The second-order valence-corrected chi connectivity index (χ2v) is 6.95. The molecule has 2 aromatic rings. The van der Waals surface area contributed by atoms with Gasteiger partial charge in [-0.3, -0.25) is 4.99 Å².